The molecule has 3 aromatic carbocycles. The molecule has 1 fully saturated rings. The van der Waals surface area contributed by atoms with Crippen LogP contribution in [0.15, 0.2) is 85.2 Å². The van der Waals surface area contributed by atoms with E-state index < -0.39 is 11.9 Å². The maximum absolute atomic E-state index is 13.3. The van der Waals surface area contributed by atoms with Crippen molar-refractivity contribution in [1.29, 1.82) is 0 Å². The number of amides is 5. The Morgan fingerprint density at radius 3 is 2.47 bits per heavy atom. The van der Waals surface area contributed by atoms with Gasteiger partial charge in [-0.2, -0.15) is 5.10 Å². The predicted molar refractivity (Wildman–Crippen MR) is 217 cm³/mol. The number of nitrogens with one attached hydrogen (secondary N) is 4. The van der Waals surface area contributed by atoms with E-state index >= 15 is 0 Å². The number of carbonyl (C=O) groups is 5. The van der Waals surface area contributed by atoms with Crippen molar-refractivity contribution < 1.29 is 24.0 Å². The van der Waals surface area contributed by atoms with Crippen LogP contribution in [0.5, 0.6) is 0 Å². The molecule has 6 aromatic rings. The second-order valence-corrected chi connectivity index (χ2v) is 14.7. The van der Waals surface area contributed by atoms with Gasteiger partial charge in [-0.05, 0) is 77.4 Å². The molecule has 0 saturated carbocycles. The number of aromatic nitrogens is 4. The summed E-state index contributed by atoms with van der Waals surface area (Å²) >= 11 is 0. The van der Waals surface area contributed by atoms with Gasteiger partial charge in [0.2, 0.25) is 17.7 Å². The van der Waals surface area contributed by atoms with Crippen LogP contribution in [0.2, 0.25) is 0 Å². The number of fused-ring (bicyclic) bond motifs is 3. The van der Waals surface area contributed by atoms with Crippen molar-refractivity contribution >= 4 is 51.7 Å². The Bertz CT molecular complexity index is 2700. The van der Waals surface area contributed by atoms with Gasteiger partial charge in [0.05, 0.1) is 35.0 Å². The zero-order valence-electron chi connectivity index (χ0n) is 31.9. The molecule has 3 aromatic heterocycles. The topological polar surface area (TPSA) is 180 Å². The van der Waals surface area contributed by atoms with Gasteiger partial charge in [0.15, 0.2) is 0 Å². The quantitative estimate of drug-likeness (QED) is 0.148. The normalized spacial score (nSPS) is 16.3. The van der Waals surface area contributed by atoms with E-state index in [2.05, 4.69) is 50.4 Å². The Kier molecular flexibility index (Phi) is 9.23. The molecule has 5 amide bonds. The zero-order chi connectivity index (χ0) is 40.1. The van der Waals surface area contributed by atoms with E-state index in [1.807, 2.05) is 48.7 Å². The number of anilines is 2. The van der Waals surface area contributed by atoms with Crippen molar-refractivity contribution in [2.45, 2.75) is 51.7 Å². The number of benzene rings is 3. The summed E-state index contributed by atoms with van der Waals surface area (Å²) in [6.07, 6.45) is 5.19. The molecule has 1 unspecified atom stereocenters. The molecular formula is C44H39N9O5. The van der Waals surface area contributed by atoms with Crippen LogP contribution in [-0.2, 0) is 40.9 Å². The molecule has 14 heteroatoms. The average Bonchev–Trinajstić information content (AvgIpc) is 3.70. The molecule has 1 atom stereocenters. The minimum Gasteiger partial charge on any atom is -0.382 e. The Hall–Kier alpha value is -7.22. The van der Waals surface area contributed by atoms with Gasteiger partial charge in [-0.15, -0.1) is 0 Å². The third-order valence-corrected chi connectivity index (χ3v) is 11.1. The maximum Gasteiger partial charge on any atom is 0.270 e. The first-order valence-electron chi connectivity index (χ1n) is 19.3. The van der Waals surface area contributed by atoms with Gasteiger partial charge in [-0.1, -0.05) is 37.3 Å². The summed E-state index contributed by atoms with van der Waals surface area (Å²) in [5.74, 6) is -1.41. The lowest BCUT2D eigenvalue weighted by molar-refractivity contribution is -0.137. The number of hydrogen-bond acceptors (Lipinski definition) is 9. The number of rotatable bonds is 8. The van der Waals surface area contributed by atoms with E-state index in [1.165, 1.54) is 4.90 Å². The molecule has 9 rings (SSSR count). The van der Waals surface area contributed by atoms with Gasteiger partial charge in [-0.25, -0.2) is 0 Å². The molecule has 4 N–H and O–H groups in total. The Labute approximate surface area is 333 Å². The highest BCUT2D eigenvalue weighted by atomic mass is 16.2. The summed E-state index contributed by atoms with van der Waals surface area (Å²) in [4.78, 5) is 74.0. The summed E-state index contributed by atoms with van der Waals surface area (Å²) in [7, 11) is 1.79. The van der Waals surface area contributed by atoms with Crippen molar-refractivity contribution in [3.05, 3.63) is 113 Å². The van der Waals surface area contributed by atoms with Gasteiger partial charge in [0.1, 0.15) is 11.7 Å². The molecule has 3 aliphatic rings. The summed E-state index contributed by atoms with van der Waals surface area (Å²) in [5, 5.41) is 18.5. The Balaban J connectivity index is 0.896. The van der Waals surface area contributed by atoms with Crippen molar-refractivity contribution in [2.75, 3.05) is 17.2 Å². The molecule has 0 aliphatic carbocycles. The predicted octanol–water partition coefficient (Wildman–Crippen LogP) is 5.37. The fraction of sp³-hybridized carbons (Fsp3) is 0.227. The van der Waals surface area contributed by atoms with Crippen LogP contribution in [-0.4, -0.2) is 66.8 Å². The molecule has 0 radical (unpaired) electrons. The standard InChI is InChI=1S/C44H39N9O5/c1-3-24-16-31(41-37(17-24)49-40(55)14-15-45-41)28-7-4-6-25-18-35(47-22-32(25)28)26-10-11-34(46-20-26)42(56)48-21-27-19-36(51-52(27)2)29-8-5-9-30-33(29)23-53(44(30)58)38-12-13-39(54)50-43(38)57/h4-11,16-20,22,38,45H,3,12-15,21,23H2,1-2H3,(H,48,56)(H,49,55)(H,50,54,57). The van der Waals surface area contributed by atoms with Crippen LogP contribution in [0.25, 0.3) is 44.4 Å². The highest BCUT2D eigenvalue weighted by molar-refractivity contribution is 6.07. The Morgan fingerprint density at radius 2 is 1.66 bits per heavy atom. The van der Waals surface area contributed by atoms with Crippen LogP contribution < -0.4 is 21.3 Å². The lowest BCUT2D eigenvalue weighted by Crippen LogP contribution is -2.52. The molecule has 0 bridgehead atoms. The van der Waals surface area contributed by atoms with Gasteiger partial charge >= 0.3 is 0 Å². The maximum atomic E-state index is 13.3. The first kappa shape index (κ1) is 36.4. The smallest absolute Gasteiger partial charge is 0.270 e. The van der Waals surface area contributed by atoms with Crippen LogP contribution >= 0.6 is 0 Å². The Morgan fingerprint density at radius 1 is 0.845 bits per heavy atom. The number of pyridine rings is 2. The molecule has 14 nitrogen and oxygen atoms in total. The number of hydrogen-bond donors (Lipinski definition) is 4. The largest absolute Gasteiger partial charge is 0.382 e. The van der Waals surface area contributed by atoms with Crippen LogP contribution in [0, 0.1) is 0 Å². The number of nitrogens with zero attached hydrogens (tertiary/aromatic N) is 5. The summed E-state index contributed by atoms with van der Waals surface area (Å²) in [6.45, 7) is 3.05. The number of imide groups is 1. The van der Waals surface area contributed by atoms with Crippen molar-refractivity contribution in [1.82, 2.24) is 35.3 Å². The van der Waals surface area contributed by atoms with E-state index in [0.717, 1.165) is 67.6 Å². The fourth-order valence-corrected chi connectivity index (χ4v) is 8.06. The second-order valence-electron chi connectivity index (χ2n) is 14.7. The van der Waals surface area contributed by atoms with E-state index in [4.69, 9.17) is 4.98 Å². The van der Waals surface area contributed by atoms with E-state index in [1.54, 1.807) is 36.1 Å². The highest BCUT2D eigenvalue weighted by Gasteiger charge is 2.40. The van der Waals surface area contributed by atoms with Crippen LogP contribution in [0.1, 0.15) is 63.9 Å². The van der Waals surface area contributed by atoms with E-state index in [9.17, 15) is 24.0 Å². The lowest BCUT2D eigenvalue weighted by atomic mass is 9.94. The molecular weight excluding hydrogens is 735 g/mol. The average molecular weight is 774 g/mol. The number of piperidine rings is 1. The highest BCUT2D eigenvalue weighted by Crippen LogP contribution is 2.41. The molecule has 3 aliphatic heterocycles. The minimum atomic E-state index is -0.713. The first-order chi connectivity index (χ1) is 28.1. The fourth-order valence-electron chi connectivity index (χ4n) is 8.06. The minimum absolute atomic E-state index is 0.00958. The van der Waals surface area contributed by atoms with Gasteiger partial charge in [0.25, 0.3) is 11.8 Å². The monoisotopic (exact) mass is 773 g/mol. The van der Waals surface area contributed by atoms with Gasteiger partial charge in [0, 0.05) is 73.0 Å². The molecule has 0 spiro atoms. The zero-order valence-corrected chi connectivity index (χ0v) is 31.9. The third-order valence-electron chi connectivity index (χ3n) is 11.1. The van der Waals surface area contributed by atoms with Gasteiger partial charge in [-0.3, -0.25) is 43.9 Å². The SMILES string of the molecule is CCc1cc2c(c(-c3cccc4cc(-c5ccc(C(=O)NCc6cc(-c7cccc8c7CN(C7CCC(=O)NC7=O)C8=O)nn6C)nc5)ncc34)c1)NCCC(=O)N2. The number of aryl methyl sites for hydroxylation is 2. The summed E-state index contributed by atoms with van der Waals surface area (Å²) in [6, 6.07) is 22.4. The molecule has 6 heterocycles. The first-order valence-corrected chi connectivity index (χ1v) is 19.3. The summed E-state index contributed by atoms with van der Waals surface area (Å²) in [5.41, 5.74) is 9.95. The third kappa shape index (κ3) is 6.61. The van der Waals surface area contributed by atoms with Crippen molar-refractivity contribution in [3.8, 4) is 33.6 Å². The van der Waals surface area contributed by atoms with E-state index in [0.29, 0.717) is 29.9 Å². The van der Waals surface area contributed by atoms with Crippen LogP contribution in [0.4, 0.5) is 11.4 Å². The molecule has 1 saturated heterocycles. The van der Waals surface area contributed by atoms with Crippen LogP contribution in [0.3, 0.4) is 0 Å². The second kappa shape index (κ2) is 14.7. The molecule has 58 heavy (non-hydrogen) atoms. The molecule has 290 valence electrons. The summed E-state index contributed by atoms with van der Waals surface area (Å²) < 4.78 is 1.68. The van der Waals surface area contributed by atoms with Crippen molar-refractivity contribution in [2.24, 2.45) is 7.05 Å². The number of carbonyl (C=O) groups excluding carboxylic acids is 5. The van der Waals surface area contributed by atoms with E-state index in [-0.39, 0.29) is 55.3 Å². The van der Waals surface area contributed by atoms with Gasteiger partial charge < -0.3 is 20.9 Å². The van der Waals surface area contributed by atoms with Crippen molar-refractivity contribution in [3.63, 3.8) is 0 Å². The lowest BCUT2D eigenvalue weighted by Gasteiger charge is -2.29.